The van der Waals surface area contributed by atoms with E-state index in [1.165, 1.54) is 31.2 Å². The van der Waals surface area contributed by atoms with E-state index in [1.54, 1.807) is 19.0 Å². The molecule has 0 radical (unpaired) electrons. The van der Waals surface area contributed by atoms with Crippen molar-refractivity contribution in [1.82, 2.24) is 20.4 Å². The van der Waals surface area contributed by atoms with E-state index in [2.05, 4.69) is 57.8 Å². The summed E-state index contributed by atoms with van der Waals surface area (Å²) in [6.45, 7) is 5.69. The lowest BCUT2D eigenvalue weighted by atomic mass is 9.86. The number of aliphatic imine (C=N–C) groups is 1. The number of piperidine rings is 1. The monoisotopic (exact) mass is 541 g/mol. The molecule has 2 N–H and O–H groups in total. The van der Waals surface area contributed by atoms with Crippen molar-refractivity contribution in [3.05, 3.63) is 35.9 Å². The maximum Gasteiger partial charge on any atom is 0.243 e. The van der Waals surface area contributed by atoms with E-state index in [-0.39, 0.29) is 36.4 Å². The Hall–Kier alpha value is -1.35. The molecule has 1 saturated heterocycles. The number of nitrogens with one attached hydrogen (secondary N) is 2. The Bertz CT molecular complexity index is 688. The number of hydrogen-bond acceptors (Lipinski definition) is 3. The van der Waals surface area contributed by atoms with Crippen LogP contribution in [0.25, 0.3) is 0 Å². The van der Waals surface area contributed by atoms with Gasteiger partial charge in [0.1, 0.15) is 6.54 Å². The summed E-state index contributed by atoms with van der Waals surface area (Å²) in [6.07, 6.45) is 7.21. The lowest BCUT2D eigenvalue weighted by molar-refractivity contribution is -0.127. The SMILES string of the molecule is CC1CCCCC1NC(=NCC(=O)N(C)C)NC1CCN(Cc2ccccc2)CC1.I. The van der Waals surface area contributed by atoms with Gasteiger partial charge in [-0.3, -0.25) is 9.69 Å². The number of likely N-dealkylation sites (tertiary alicyclic amines) is 1. The van der Waals surface area contributed by atoms with Crippen LogP contribution in [0.5, 0.6) is 0 Å². The molecular weight excluding hydrogens is 501 g/mol. The fourth-order valence-electron chi connectivity index (χ4n) is 4.40. The smallest absolute Gasteiger partial charge is 0.243 e. The minimum absolute atomic E-state index is 0. The summed E-state index contributed by atoms with van der Waals surface area (Å²) >= 11 is 0. The van der Waals surface area contributed by atoms with Crippen molar-refractivity contribution in [3.8, 4) is 0 Å². The zero-order valence-corrected chi connectivity index (χ0v) is 21.7. The average molecular weight is 542 g/mol. The molecule has 1 aromatic carbocycles. The van der Waals surface area contributed by atoms with E-state index in [1.807, 2.05) is 0 Å². The highest BCUT2D eigenvalue weighted by molar-refractivity contribution is 14.0. The summed E-state index contributed by atoms with van der Waals surface area (Å²) in [4.78, 5) is 20.8. The third kappa shape index (κ3) is 8.60. The van der Waals surface area contributed by atoms with Gasteiger partial charge in [-0.1, -0.05) is 50.1 Å². The topological polar surface area (TPSA) is 60.0 Å². The van der Waals surface area contributed by atoms with Crippen molar-refractivity contribution in [1.29, 1.82) is 0 Å². The number of carbonyl (C=O) groups is 1. The molecule has 2 fully saturated rings. The molecule has 1 heterocycles. The molecule has 1 aromatic rings. The maximum absolute atomic E-state index is 12.1. The van der Waals surface area contributed by atoms with Gasteiger partial charge in [-0.2, -0.15) is 0 Å². The van der Waals surface area contributed by atoms with E-state index in [0.29, 0.717) is 18.0 Å². The first-order valence-corrected chi connectivity index (χ1v) is 11.5. The first kappa shape index (κ1) is 25.9. The van der Waals surface area contributed by atoms with E-state index >= 15 is 0 Å². The third-order valence-corrected chi connectivity index (χ3v) is 6.48. The van der Waals surface area contributed by atoms with E-state index in [4.69, 9.17) is 0 Å². The number of likely N-dealkylation sites (N-methyl/N-ethyl adjacent to an activating group) is 1. The molecule has 3 rings (SSSR count). The van der Waals surface area contributed by atoms with Gasteiger partial charge in [-0.05, 0) is 37.2 Å². The van der Waals surface area contributed by atoms with Gasteiger partial charge in [0.05, 0.1) is 0 Å². The number of nitrogens with zero attached hydrogens (tertiary/aromatic N) is 3. The van der Waals surface area contributed by atoms with E-state index in [0.717, 1.165) is 38.4 Å². The van der Waals surface area contributed by atoms with Crippen molar-refractivity contribution in [2.75, 3.05) is 33.7 Å². The molecule has 1 amide bonds. The Labute approximate surface area is 205 Å². The summed E-state index contributed by atoms with van der Waals surface area (Å²) in [7, 11) is 3.56. The van der Waals surface area contributed by atoms with Gasteiger partial charge in [0.2, 0.25) is 5.91 Å². The number of amides is 1. The lowest BCUT2D eigenvalue weighted by Gasteiger charge is -2.35. The van der Waals surface area contributed by atoms with Gasteiger partial charge in [-0.25, -0.2) is 4.99 Å². The van der Waals surface area contributed by atoms with Crippen LogP contribution in [0, 0.1) is 5.92 Å². The lowest BCUT2D eigenvalue weighted by Crippen LogP contribution is -2.52. The van der Waals surface area contributed by atoms with Crippen molar-refractivity contribution in [2.24, 2.45) is 10.9 Å². The fraction of sp³-hybridized carbons (Fsp3) is 0.667. The van der Waals surface area contributed by atoms with Crippen LogP contribution in [0.4, 0.5) is 0 Å². The molecule has 0 spiro atoms. The highest BCUT2D eigenvalue weighted by Gasteiger charge is 2.25. The first-order valence-electron chi connectivity index (χ1n) is 11.5. The summed E-state index contributed by atoms with van der Waals surface area (Å²) < 4.78 is 0. The van der Waals surface area contributed by atoms with Crippen LogP contribution in [-0.2, 0) is 11.3 Å². The number of benzene rings is 1. The molecule has 1 aliphatic heterocycles. The molecule has 7 heteroatoms. The third-order valence-electron chi connectivity index (χ3n) is 6.48. The molecule has 0 bridgehead atoms. The van der Waals surface area contributed by atoms with Gasteiger partial charge in [0.25, 0.3) is 0 Å². The molecule has 2 atom stereocenters. The van der Waals surface area contributed by atoms with Crippen LogP contribution < -0.4 is 10.6 Å². The second-order valence-electron chi connectivity index (χ2n) is 9.15. The summed E-state index contributed by atoms with van der Waals surface area (Å²) in [5.74, 6) is 1.49. The van der Waals surface area contributed by atoms with Crippen molar-refractivity contribution >= 4 is 35.8 Å². The molecule has 31 heavy (non-hydrogen) atoms. The molecule has 6 nitrogen and oxygen atoms in total. The Morgan fingerprint density at radius 2 is 1.74 bits per heavy atom. The minimum atomic E-state index is 0. The Balaban J connectivity index is 0.00000341. The minimum Gasteiger partial charge on any atom is -0.354 e. The normalized spacial score (nSPS) is 23.0. The molecular formula is C24H40IN5O. The molecule has 2 unspecified atom stereocenters. The quantitative estimate of drug-likeness (QED) is 0.329. The van der Waals surface area contributed by atoms with Crippen LogP contribution in [0.2, 0.25) is 0 Å². The van der Waals surface area contributed by atoms with Crippen LogP contribution in [0.3, 0.4) is 0 Å². The first-order chi connectivity index (χ1) is 14.5. The fourth-order valence-corrected chi connectivity index (χ4v) is 4.40. The summed E-state index contributed by atoms with van der Waals surface area (Å²) in [5, 5.41) is 7.30. The van der Waals surface area contributed by atoms with Crippen molar-refractivity contribution in [3.63, 3.8) is 0 Å². The van der Waals surface area contributed by atoms with Gasteiger partial charge in [-0.15, -0.1) is 24.0 Å². The number of halogens is 1. The van der Waals surface area contributed by atoms with Gasteiger partial charge in [0, 0.05) is 45.8 Å². The van der Waals surface area contributed by atoms with Crippen molar-refractivity contribution in [2.45, 2.75) is 64.1 Å². The largest absolute Gasteiger partial charge is 0.354 e. The predicted molar refractivity (Wildman–Crippen MR) is 139 cm³/mol. The van der Waals surface area contributed by atoms with E-state index in [9.17, 15) is 4.79 Å². The van der Waals surface area contributed by atoms with Crippen molar-refractivity contribution < 1.29 is 4.79 Å². The highest BCUT2D eigenvalue weighted by Crippen LogP contribution is 2.23. The molecule has 2 aliphatic rings. The number of guanidine groups is 1. The zero-order chi connectivity index (χ0) is 21.3. The molecule has 174 valence electrons. The average Bonchev–Trinajstić information content (AvgIpc) is 2.75. The zero-order valence-electron chi connectivity index (χ0n) is 19.3. The van der Waals surface area contributed by atoms with E-state index < -0.39 is 0 Å². The molecule has 0 aromatic heterocycles. The number of carbonyl (C=O) groups excluding carboxylic acids is 1. The maximum atomic E-state index is 12.1. The molecule has 1 saturated carbocycles. The number of hydrogen-bond donors (Lipinski definition) is 2. The standard InChI is InChI=1S/C24H39N5O.HI/c1-19-9-7-8-12-22(19)27-24(25-17-23(30)28(2)3)26-21-13-15-29(16-14-21)18-20-10-5-4-6-11-20;/h4-6,10-11,19,21-22H,7-9,12-18H2,1-3H3,(H2,25,26,27);1H. The van der Waals surface area contributed by atoms with Crippen LogP contribution >= 0.6 is 24.0 Å². The Kier molecular flexibility index (Phi) is 11.1. The highest BCUT2D eigenvalue weighted by atomic mass is 127. The second-order valence-corrected chi connectivity index (χ2v) is 9.15. The Morgan fingerprint density at radius 3 is 2.39 bits per heavy atom. The number of rotatable bonds is 6. The van der Waals surface area contributed by atoms with Crippen LogP contribution in [0.1, 0.15) is 51.0 Å². The predicted octanol–water partition coefficient (Wildman–Crippen LogP) is 3.47. The van der Waals surface area contributed by atoms with Gasteiger partial charge >= 0.3 is 0 Å². The molecule has 1 aliphatic carbocycles. The Morgan fingerprint density at radius 1 is 1.06 bits per heavy atom. The van der Waals surface area contributed by atoms with Crippen LogP contribution in [-0.4, -0.2) is 67.5 Å². The summed E-state index contributed by atoms with van der Waals surface area (Å²) in [6, 6.07) is 11.5. The van der Waals surface area contributed by atoms with Crippen LogP contribution in [0.15, 0.2) is 35.3 Å². The summed E-state index contributed by atoms with van der Waals surface area (Å²) in [5.41, 5.74) is 1.38. The second kappa shape index (κ2) is 13.3. The van der Waals surface area contributed by atoms with Gasteiger partial charge in [0.15, 0.2) is 5.96 Å². The van der Waals surface area contributed by atoms with Gasteiger partial charge < -0.3 is 15.5 Å².